The summed E-state index contributed by atoms with van der Waals surface area (Å²) in [7, 11) is 1.59. The number of hydrogen-bond donors (Lipinski definition) is 1. The fourth-order valence-corrected chi connectivity index (χ4v) is 2.11. The first-order valence-electron chi connectivity index (χ1n) is 6.03. The molecular formula is C13H18N2O3. The van der Waals surface area contributed by atoms with Crippen LogP contribution >= 0.6 is 0 Å². The molecule has 18 heavy (non-hydrogen) atoms. The van der Waals surface area contributed by atoms with Crippen LogP contribution in [0.25, 0.3) is 0 Å². The second-order valence-electron chi connectivity index (χ2n) is 4.30. The van der Waals surface area contributed by atoms with E-state index in [1.165, 1.54) is 0 Å². The first-order valence-corrected chi connectivity index (χ1v) is 6.03. The molecule has 1 aliphatic heterocycles. The van der Waals surface area contributed by atoms with Gasteiger partial charge in [0.1, 0.15) is 5.75 Å². The van der Waals surface area contributed by atoms with E-state index in [1.54, 1.807) is 12.0 Å². The summed E-state index contributed by atoms with van der Waals surface area (Å²) in [4.78, 5) is 13.4. The summed E-state index contributed by atoms with van der Waals surface area (Å²) in [6, 6.07) is 7.42. The molecule has 1 atom stereocenters. The largest absolute Gasteiger partial charge is 0.495 e. The third-order valence-electron chi connectivity index (χ3n) is 3.05. The Morgan fingerprint density at radius 1 is 1.50 bits per heavy atom. The predicted molar refractivity (Wildman–Crippen MR) is 68.8 cm³/mol. The number of carbonyl (C=O) groups is 1. The van der Waals surface area contributed by atoms with Gasteiger partial charge in [-0.15, -0.1) is 0 Å². The van der Waals surface area contributed by atoms with E-state index in [1.807, 2.05) is 24.3 Å². The van der Waals surface area contributed by atoms with Crippen LogP contribution in [0, 0.1) is 5.92 Å². The molecule has 1 amide bonds. The molecule has 1 heterocycles. The zero-order chi connectivity index (χ0) is 13.0. The van der Waals surface area contributed by atoms with Crippen LogP contribution in [0.15, 0.2) is 24.3 Å². The van der Waals surface area contributed by atoms with Gasteiger partial charge < -0.3 is 15.2 Å². The highest BCUT2D eigenvalue weighted by molar-refractivity contribution is 5.90. The maximum atomic E-state index is 11.8. The fourth-order valence-electron chi connectivity index (χ4n) is 2.11. The number of benzene rings is 1. The summed E-state index contributed by atoms with van der Waals surface area (Å²) in [5.41, 5.74) is 6.29. The Bertz CT molecular complexity index is 422. The molecule has 1 aliphatic rings. The number of carbonyl (C=O) groups excluding carboxylic acids is 1. The molecule has 98 valence electrons. The maximum Gasteiger partial charge on any atom is 0.414 e. The minimum atomic E-state index is -0.326. The first-order chi connectivity index (χ1) is 8.76. The number of para-hydroxylation sites is 2. The minimum absolute atomic E-state index is 0.276. The Morgan fingerprint density at radius 2 is 2.28 bits per heavy atom. The summed E-state index contributed by atoms with van der Waals surface area (Å²) in [6.07, 6.45) is 0.520. The smallest absolute Gasteiger partial charge is 0.414 e. The highest BCUT2D eigenvalue weighted by atomic mass is 16.6. The van der Waals surface area contributed by atoms with Gasteiger partial charge in [0, 0.05) is 12.5 Å². The number of rotatable bonds is 4. The SMILES string of the molecule is COc1ccccc1N1CC(CCN)COC1=O. The van der Waals surface area contributed by atoms with Crippen LogP contribution in [0.4, 0.5) is 10.5 Å². The highest BCUT2D eigenvalue weighted by Gasteiger charge is 2.29. The second-order valence-corrected chi connectivity index (χ2v) is 4.30. The number of anilines is 1. The Kier molecular flexibility index (Phi) is 4.04. The van der Waals surface area contributed by atoms with Crippen molar-refractivity contribution < 1.29 is 14.3 Å². The van der Waals surface area contributed by atoms with Crippen LogP contribution in [0.3, 0.4) is 0 Å². The molecule has 0 bridgehead atoms. The van der Waals surface area contributed by atoms with Crippen molar-refractivity contribution in [3.8, 4) is 5.75 Å². The Hall–Kier alpha value is -1.75. The molecule has 1 unspecified atom stereocenters. The van der Waals surface area contributed by atoms with Crippen molar-refractivity contribution in [1.82, 2.24) is 0 Å². The molecule has 2 N–H and O–H groups in total. The second kappa shape index (κ2) is 5.73. The van der Waals surface area contributed by atoms with Crippen LogP contribution in [0.2, 0.25) is 0 Å². The van der Waals surface area contributed by atoms with Crippen molar-refractivity contribution >= 4 is 11.8 Å². The minimum Gasteiger partial charge on any atom is -0.495 e. The van der Waals surface area contributed by atoms with E-state index < -0.39 is 0 Å². The summed E-state index contributed by atoms with van der Waals surface area (Å²) in [6.45, 7) is 1.67. The Morgan fingerprint density at radius 3 is 3.00 bits per heavy atom. The number of methoxy groups -OCH3 is 1. The number of nitrogens with two attached hydrogens (primary N) is 1. The molecule has 5 heteroatoms. The molecule has 0 saturated carbocycles. The van der Waals surface area contributed by atoms with E-state index in [9.17, 15) is 4.79 Å². The lowest BCUT2D eigenvalue weighted by atomic mass is 10.0. The number of amides is 1. The molecule has 0 aliphatic carbocycles. The van der Waals surface area contributed by atoms with Gasteiger partial charge in [-0.05, 0) is 25.1 Å². The molecular weight excluding hydrogens is 232 g/mol. The van der Waals surface area contributed by atoms with Gasteiger partial charge in [-0.1, -0.05) is 12.1 Å². The lowest BCUT2D eigenvalue weighted by Gasteiger charge is -2.32. The van der Waals surface area contributed by atoms with Crippen molar-refractivity contribution in [3.63, 3.8) is 0 Å². The lowest BCUT2D eigenvalue weighted by Crippen LogP contribution is -2.43. The standard InChI is InChI=1S/C13H18N2O3/c1-17-12-5-3-2-4-11(12)15-8-10(6-7-14)9-18-13(15)16/h2-5,10H,6-9,14H2,1H3. The van der Waals surface area contributed by atoms with E-state index in [0.29, 0.717) is 25.4 Å². The molecule has 0 aromatic heterocycles. The van der Waals surface area contributed by atoms with E-state index in [-0.39, 0.29) is 12.0 Å². The lowest BCUT2D eigenvalue weighted by molar-refractivity contribution is 0.113. The molecule has 1 aromatic rings. The summed E-state index contributed by atoms with van der Waals surface area (Å²) in [5.74, 6) is 0.945. The van der Waals surface area contributed by atoms with Crippen molar-refractivity contribution in [2.75, 3.05) is 31.7 Å². The highest BCUT2D eigenvalue weighted by Crippen LogP contribution is 2.30. The Labute approximate surface area is 106 Å². The van der Waals surface area contributed by atoms with Gasteiger partial charge in [0.15, 0.2) is 0 Å². The molecule has 5 nitrogen and oxygen atoms in total. The summed E-state index contributed by atoms with van der Waals surface area (Å²) < 4.78 is 10.5. The van der Waals surface area contributed by atoms with Crippen LogP contribution in [-0.4, -0.2) is 32.9 Å². The van der Waals surface area contributed by atoms with E-state index in [0.717, 1.165) is 12.1 Å². The normalized spacial score (nSPS) is 19.6. The van der Waals surface area contributed by atoms with Gasteiger partial charge in [-0.2, -0.15) is 0 Å². The first kappa shape index (κ1) is 12.7. The molecule has 0 spiro atoms. The van der Waals surface area contributed by atoms with Gasteiger partial charge in [-0.3, -0.25) is 4.90 Å². The van der Waals surface area contributed by atoms with Gasteiger partial charge in [-0.25, -0.2) is 4.79 Å². The average Bonchev–Trinajstić information content (AvgIpc) is 2.41. The topological polar surface area (TPSA) is 64.8 Å². The van der Waals surface area contributed by atoms with Crippen LogP contribution in [0.5, 0.6) is 5.75 Å². The molecule has 1 fully saturated rings. The van der Waals surface area contributed by atoms with Crippen LogP contribution < -0.4 is 15.4 Å². The van der Waals surface area contributed by atoms with Crippen molar-refractivity contribution in [3.05, 3.63) is 24.3 Å². The van der Waals surface area contributed by atoms with Crippen molar-refractivity contribution in [2.24, 2.45) is 11.7 Å². The average molecular weight is 250 g/mol. The fraction of sp³-hybridized carbons (Fsp3) is 0.462. The van der Waals surface area contributed by atoms with Crippen LogP contribution in [-0.2, 0) is 4.74 Å². The van der Waals surface area contributed by atoms with Gasteiger partial charge in [0.2, 0.25) is 0 Å². The summed E-state index contributed by atoms with van der Waals surface area (Å²) >= 11 is 0. The number of nitrogens with zero attached hydrogens (tertiary/aromatic N) is 1. The van der Waals surface area contributed by atoms with Gasteiger partial charge >= 0.3 is 6.09 Å². The zero-order valence-electron chi connectivity index (χ0n) is 10.5. The van der Waals surface area contributed by atoms with E-state index in [4.69, 9.17) is 15.2 Å². The van der Waals surface area contributed by atoms with Crippen LogP contribution in [0.1, 0.15) is 6.42 Å². The monoisotopic (exact) mass is 250 g/mol. The predicted octanol–water partition coefficient (Wildman–Crippen LogP) is 1.62. The molecule has 1 aromatic carbocycles. The quantitative estimate of drug-likeness (QED) is 0.881. The molecule has 0 radical (unpaired) electrons. The van der Waals surface area contributed by atoms with Gasteiger partial charge in [0.25, 0.3) is 0 Å². The Balaban J connectivity index is 2.21. The van der Waals surface area contributed by atoms with E-state index >= 15 is 0 Å². The van der Waals surface area contributed by atoms with Gasteiger partial charge in [0.05, 0.1) is 19.4 Å². The third kappa shape index (κ3) is 2.56. The van der Waals surface area contributed by atoms with E-state index in [2.05, 4.69) is 0 Å². The molecule has 2 rings (SSSR count). The number of cyclic esters (lactones) is 1. The maximum absolute atomic E-state index is 11.8. The third-order valence-corrected chi connectivity index (χ3v) is 3.05. The number of ether oxygens (including phenoxy) is 2. The van der Waals surface area contributed by atoms with Crippen molar-refractivity contribution in [2.45, 2.75) is 6.42 Å². The molecule has 1 saturated heterocycles. The zero-order valence-corrected chi connectivity index (χ0v) is 10.5. The van der Waals surface area contributed by atoms with Crippen molar-refractivity contribution in [1.29, 1.82) is 0 Å². The number of hydrogen-bond acceptors (Lipinski definition) is 4. The summed E-state index contributed by atoms with van der Waals surface area (Å²) in [5, 5.41) is 0.